The molecule has 0 amide bonds. The van der Waals surface area contributed by atoms with Crippen molar-refractivity contribution in [2.45, 2.75) is 20.3 Å². The second-order valence-electron chi connectivity index (χ2n) is 1.95. The van der Waals surface area contributed by atoms with Gasteiger partial charge in [0.25, 0.3) is 0 Å². The monoisotopic (exact) mass is 155 g/mol. The number of terminal acetylenes is 1. The molecule has 2 heteroatoms. The summed E-state index contributed by atoms with van der Waals surface area (Å²) in [5.74, 6) is 2.53. The number of hydrogen-bond donors (Lipinski definition) is 0. The van der Waals surface area contributed by atoms with Gasteiger partial charge in [-0.3, -0.25) is 0 Å². The van der Waals surface area contributed by atoms with Gasteiger partial charge < -0.3 is 4.90 Å². The molecule has 0 atom stereocenters. The molecule has 0 heterocycles. The van der Waals surface area contributed by atoms with Crippen molar-refractivity contribution in [1.29, 1.82) is 0 Å². The highest BCUT2D eigenvalue weighted by atomic mass is 32.1. The van der Waals surface area contributed by atoms with Gasteiger partial charge in [0.15, 0.2) is 0 Å². The van der Waals surface area contributed by atoms with E-state index in [1.165, 1.54) is 0 Å². The fraction of sp³-hybridized carbons (Fsp3) is 0.625. The highest BCUT2D eigenvalue weighted by Gasteiger charge is 2.01. The van der Waals surface area contributed by atoms with Crippen LogP contribution in [0.4, 0.5) is 0 Å². The van der Waals surface area contributed by atoms with E-state index in [0.717, 1.165) is 18.1 Å². The van der Waals surface area contributed by atoms with Crippen LogP contribution in [0.15, 0.2) is 0 Å². The van der Waals surface area contributed by atoms with E-state index in [-0.39, 0.29) is 0 Å². The quantitative estimate of drug-likeness (QED) is 0.450. The van der Waals surface area contributed by atoms with Gasteiger partial charge in [0.2, 0.25) is 0 Å². The van der Waals surface area contributed by atoms with Crippen LogP contribution in [0.5, 0.6) is 0 Å². The molecule has 0 aliphatic heterocycles. The zero-order valence-corrected chi connectivity index (χ0v) is 7.37. The first kappa shape index (κ1) is 9.45. The van der Waals surface area contributed by atoms with Crippen molar-refractivity contribution in [3.8, 4) is 12.3 Å². The molecule has 0 spiro atoms. The molecule has 10 heavy (non-hydrogen) atoms. The van der Waals surface area contributed by atoms with Crippen LogP contribution < -0.4 is 0 Å². The van der Waals surface area contributed by atoms with Crippen LogP contribution in [0.2, 0.25) is 0 Å². The average molecular weight is 155 g/mol. The van der Waals surface area contributed by atoms with E-state index < -0.39 is 0 Å². The molecule has 0 bridgehead atoms. The zero-order valence-electron chi connectivity index (χ0n) is 6.55. The molecule has 0 aromatic heterocycles. The van der Waals surface area contributed by atoms with Crippen molar-refractivity contribution in [2.24, 2.45) is 0 Å². The molecule has 0 N–H and O–H groups in total. The fourth-order valence-electron chi connectivity index (χ4n) is 0.775. The third-order valence-corrected chi connectivity index (χ3v) is 1.77. The molecule has 0 aliphatic carbocycles. The number of rotatable bonds is 3. The third kappa shape index (κ3) is 2.84. The summed E-state index contributed by atoms with van der Waals surface area (Å²) in [5.41, 5.74) is 0. The Morgan fingerprint density at radius 2 is 2.00 bits per heavy atom. The van der Waals surface area contributed by atoms with Crippen molar-refractivity contribution in [1.82, 2.24) is 4.90 Å². The maximum atomic E-state index is 5.11. The van der Waals surface area contributed by atoms with Crippen molar-refractivity contribution in [3.63, 3.8) is 0 Å². The lowest BCUT2D eigenvalue weighted by molar-refractivity contribution is 0.468. The van der Waals surface area contributed by atoms with Crippen molar-refractivity contribution in [3.05, 3.63) is 0 Å². The second kappa shape index (κ2) is 5.25. The summed E-state index contributed by atoms with van der Waals surface area (Å²) >= 11 is 5.06. The smallest absolute Gasteiger partial charge is 0.0899 e. The number of hydrogen-bond acceptors (Lipinski definition) is 1. The Kier molecular flexibility index (Phi) is 4.96. The van der Waals surface area contributed by atoms with E-state index in [2.05, 4.69) is 24.7 Å². The summed E-state index contributed by atoms with van der Waals surface area (Å²) in [4.78, 5) is 2.97. The van der Waals surface area contributed by atoms with Crippen molar-refractivity contribution >= 4 is 17.2 Å². The summed E-state index contributed by atoms with van der Waals surface area (Å²) < 4.78 is 0. The summed E-state index contributed by atoms with van der Waals surface area (Å²) in [6, 6.07) is 0. The van der Waals surface area contributed by atoms with Crippen LogP contribution in [-0.2, 0) is 0 Å². The van der Waals surface area contributed by atoms with E-state index in [0.29, 0.717) is 6.42 Å². The number of nitrogens with zero attached hydrogens (tertiary/aromatic N) is 1. The van der Waals surface area contributed by atoms with Crippen LogP contribution in [0, 0.1) is 12.3 Å². The Hall–Kier alpha value is -0.550. The maximum Gasteiger partial charge on any atom is 0.0899 e. The van der Waals surface area contributed by atoms with Gasteiger partial charge in [0.05, 0.1) is 11.4 Å². The Bertz CT molecular complexity index is 142. The fourth-order valence-corrected chi connectivity index (χ4v) is 1.12. The van der Waals surface area contributed by atoms with Crippen LogP contribution in [0.3, 0.4) is 0 Å². The van der Waals surface area contributed by atoms with Crippen LogP contribution in [0.1, 0.15) is 20.3 Å². The molecular weight excluding hydrogens is 142 g/mol. The van der Waals surface area contributed by atoms with Crippen LogP contribution in [-0.4, -0.2) is 23.0 Å². The first-order valence-electron chi connectivity index (χ1n) is 3.47. The van der Waals surface area contributed by atoms with Crippen LogP contribution in [0.25, 0.3) is 0 Å². The zero-order chi connectivity index (χ0) is 7.98. The Balaban J connectivity index is 3.79. The highest BCUT2D eigenvalue weighted by Crippen LogP contribution is 1.94. The normalized spacial score (nSPS) is 8.50. The molecule has 56 valence electrons. The van der Waals surface area contributed by atoms with Gasteiger partial charge in [0, 0.05) is 13.1 Å². The molecule has 0 fully saturated rings. The van der Waals surface area contributed by atoms with Gasteiger partial charge in [-0.15, -0.1) is 6.42 Å². The largest absolute Gasteiger partial charge is 0.366 e. The number of thiocarbonyl (C=S) groups is 1. The molecule has 0 rings (SSSR count). The average Bonchev–Trinajstić information content (AvgIpc) is 1.91. The molecule has 0 saturated carbocycles. The highest BCUT2D eigenvalue weighted by molar-refractivity contribution is 7.80. The van der Waals surface area contributed by atoms with Crippen LogP contribution >= 0.6 is 12.2 Å². The van der Waals surface area contributed by atoms with E-state index in [4.69, 9.17) is 18.6 Å². The Labute approximate surface area is 68.4 Å². The minimum atomic E-state index is 0.594. The first-order valence-corrected chi connectivity index (χ1v) is 3.88. The summed E-state index contributed by atoms with van der Waals surface area (Å²) in [6.45, 7) is 6.06. The van der Waals surface area contributed by atoms with Gasteiger partial charge >= 0.3 is 0 Å². The molecule has 0 radical (unpaired) electrons. The topological polar surface area (TPSA) is 3.24 Å². The Morgan fingerprint density at radius 3 is 2.30 bits per heavy atom. The van der Waals surface area contributed by atoms with Crippen molar-refractivity contribution < 1.29 is 0 Å². The van der Waals surface area contributed by atoms with E-state index in [1.54, 1.807) is 0 Å². The summed E-state index contributed by atoms with van der Waals surface area (Å²) in [7, 11) is 0. The molecular formula is C8H13NS. The molecule has 0 aromatic carbocycles. The summed E-state index contributed by atoms with van der Waals surface area (Å²) in [6.07, 6.45) is 5.71. The predicted molar refractivity (Wildman–Crippen MR) is 49.0 cm³/mol. The molecule has 0 unspecified atom stereocenters. The lowest BCUT2D eigenvalue weighted by atomic mass is 10.4. The minimum absolute atomic E-state index is 0.594. The van der Waals surface area contributed by atoms with Gasteiger partial charge in [-0.2, -0.15) is 0 Å². The Morgan fingerprint density at radius 1 is 1.50 bits per heavy atom. The minimum Gasteiger partial charge on any atom is -0.366 e. The molecule has 0 saturated heterocycles. The van der Waals surface area contributed by atoms with Gasteiger partial charge in [0.1, 0.15) is 0 Å². The second-order valence-corrected chi connectivity index (χ2v) is 2.42. The standard InChI is InChI=1S/C8H13NS/c1-4-7-8(10)9(5-2)6-3/h1H,5-7H2,2-3H3. The predicted octanol–water partition coefficient (Wildman–Crippen LogP) is 1.68. The van der Waals surface area contributed by atoms with E-state index >= 15 is 0 Å². The lowest BCUT2D eigenvalue weighted by Gasteiger charge is -2.19. The molecule has 0 aromatic rings. The third-order valence-electron chi connectivity index (χ3n) is 1.37. The van der Waals surface area contributed by atoms with Gasteiger partial charge in [-0.1, -0.05) is 18.1 Å². The van der Waals surface area contributed by atoms with Gasteiger partial charge in [-0.25, -0.2) is 0 Å². The lowest BCUT2D eigenvalue weighted by Crippen LogP contribution is -2.28. The van der Waals surface area contributed by atoms with Gasteiger partial charge in [-0.05, 0) is 13.8 Å². The molecule has 0 aliphatic rings. The maximum absolute atomic E-state index is 5.11. The van der Waals surface area contributed by atoms with Crippen molar-refractivity contribution in [2.75, 3.05) is 13.1 Å². The summed E-state index contributed by atoms with van der Waals surface area (Å²) in [5, 5.41) is 0. The van der Waals surface area contributed by atoms with E-state index in [1.807, 2.05) is 0 Å². The SMILES string of the molecule is C#CCC(=S)N(CC)CC. The first-order chi connectivity index (χ1) is 4.76. The van der Waals surface area contributed by atoms with E-state index in [9.17, 15) is 0 Å². The molecule has 1 nitrogen and oxygen atoms in total.